The van der Waals surface area contributed by atoms with Gasteiger partial charge in [-0.2, -0.15) is 0 Å². The third-order valence-corrected chi connectivity index (χ3v) is 5.41. The standard InChI is InChI=1S/C20H23N3O2/c24-19-13-17(5-9-21-19)15-6-10-22(11-7-15)14-20(25)23-12-8-16-3-1-2-4-18(16)23/h1-5,9,13,15H,6-8,10-12,14H2,(H,21,24). The fourth-order valence-corrected chi connectivity index (χ4v) is 4.01. The Morgan fingerprint density at radius 2 is 1.92 bits per heavy atom. The molecule has 0 radical (unpaired) electrons. The molecule has 5 heteroatoms. The molecule has 1 amide bonds. The summed E-state index contributed by atoms with van der Waals surface area (Å²) in [6, 6.07) is 11.9. The van der Waals surface area contributed by atoms with Gasteiger partial charge in [0, 0.05) is 24.5 Å². The maximum Gasteiger partial charge on any atom is 0.248 e. The van der Waals surface area contributed by atoms with Crippen molar-refractivity contribution in [2.45, 2.75) is 25.2 Å². The molecule has 1 aromatic carbocycles. The average Bonchev–Trinajstić information content (AvgIpc) is 3.06. The lowest BCUT2D eigenvalue weighted by Gasteiger charge is -2.32. The van der Waals surface area contributed by atoms with E-state index >= 15 is 0 Å². The monoisotopic (exact) mass is 337 g/mol. The Balaban J connectivity index is 1.35. The Kier molecular flexibility index (Phi) is 4.40. The van der Waals surface area contributed by atoms with Crippen molar-refractivity contribution < 1.29 is 4.79 Å². The third kappa shape index (κ3) is 3.37. The van der Waals surface area contributed by atoms with E-state index in [-0.39, 0.29) is 11.5 Å². The number of pyridine rings is 1. The van der Waals surface area contributed by atoms with Crippen LogP contribution in [0.2, 0.25) is 0 Å². The van der Waals surface area contributed by atoms with Crippen LogP contribution in [0, 0.1) is 0 Å². The van der Waals surface area contributed by atoms with E-state index in [1.807, 2.05) is 29.2 Å². The summed E-state index contributed by atoms with van der Waals surface area (Å²) in [7, 11) is 0. The van der Waals surface area contributed by atoms with Gasteiger partial charge in [0.05, 0.1) is 6.54 Å². The number of hydrogen-bond donors (Lipinski definition) is 1. The summed E-state index contributed by atoms with van der Waals surface area (Å²) in [5, 5.41) is 0. The van der Waals surface area contributed by atoms with Gasteiger partial charge in [-0.25, -0.2) is 0 Å². The predicted octanol–water partition coefficient (Wildman–Crippen LogP) is 2.14. The van der Waals surface area contributed by atoms with Crippen LogP contribution in [-0.2, 0) is 11.2 Å². The Hall–Kier alpha value is -2.40. The van der Waals surface area contributed by atoms with Crippen molar-refractivity contribution in [1.82, 2.24) is 9.88 Å². The smallest absolute Gasteiger partial charge is 0.248 e. The summed E-state index contributed by atoms with van der Waals surface area (Å²) < 4.78 is 0. The number of fused-ring (bicyclic) bond motifs is 1. The van der Waals surface area contributed by atoms with Gasteiger partial charge in [-0.15, -0.1) is 0 Å². The van der Waals surface area contributed by atoms with Gasteiger partial charge in [0.2, 0.25) is 11.5 Å². The summed E-state index contributed by atoms with van der Waals surface area (Å²) in [5.41, 5.74) is 3.42. The van der Waals surface area contributed by atoms with Crippen molar-refractivity contribution in [2.75, 3.05) is 31.1 Å². The number of aromatic nitrogens is 1. The zero-order valence-corrected chi connectivity index (χ0v) is 14.3. The first-order valence-electron chi connectivity index (χ1n) is 9.00. The molecule has 130 valence electrons. The van der Waals surface area contributed by atoms with E-state index in [1.54, 1.807) is 12.3 Å². The van der Waals surface area contributed by atoms with Crippen LogP contribution in [0.1, 0.15) is 29.9 Å². The van der Waals surface area contributed by atoms with E-state index in [0.29, 0.717) is 12.5 Å². The molecule has 0 unspecified atom stereocenters. The van der Waals surface area contributed by atoms with Gasteiger partial charge in [-0.05, 0) is 61.5 Å². The van der Waals surface area contributed by atoms with Crippen LogP contribution in [0.15, 0.2) is 47.4 Å². The quantitative estimate of drug-likeness (QED) is 0.934. The Bertz CT molecular complexity index is 821. The Labute approximate surface area is 147 Å². The zero-order valence-electron chi connectivity index (χ0n) is 14.3. The maximum absolute atomic E-state index is 12.7. The van der Waals surface area contributed by atoms with Crippen LogP contribution >= 0.6 is 0 Å². The molecule has 0 bridgehead atoms. The highest BCUT2D eigenvalue weighted by atomic mass is 16.2. The Morgan fingerprint density at radius 1 is 1.12 bits per heavy atom. The molecule has 0 atom stereocenters. The minimum absolute atomic E-state index is 0.0391. The average molecular weight is 337 g/mol. The number of anilines is 1. The highest BCUT2D eigenvalue weighted by molar-refractivity contribution is 5.96. The van der Waals surface area contributed by atoms with Crippen molar-refractivity contribution in [2.24, 2.45) is 0 Å². The minimum atomic E-state index is -0.0391. The SMILES string of the molecule is O=C(CN1CCC(c2cc[nH]c(=O)c2)CC1)N1CCc2ccccc21. The van der Waals surface area contributed by atoms with Crippen LogP contribution in [0.3, 0.4) is 0 Å². The second-order valence-corrected chi connectivity index (χ2v) is 6.96. The van der Waals surface area contributed by atoms with E-state index in [9.17, 15) is 9.59 Å². The van der Waals surface area contributed by atoms with E-state index < -0.39 is 0 Å². The second kappa shape index (κ2) is 6.84. The van der Waals surface area contributed by atoms with Crippen molar-refractivity contribution in [3.05, 3.63) is 64.1 Å². The molecule has 2 aliphatic heterocycles. The number of aromatic amines is 1. The number of piperidine rings is 1. The van der Waals surface area contributed by atoms with Crippen molar-refractivity contribution in [1.29, 1.82) is 0 Å². The van der Waals surface area contributed by atoms with Gasteiger partial charge in [-0.3, -0.25) is 14.5 Å². The molecule has 1 fully saturated rings. The number of hydrogen-bond acceptors (Lipinski definition) is 3. The van der Waals surface area contributed by atoms with Gasteiger partial charge in [0.15, 0.2) is 0 Å². The van der Waals surface area contributed by atoms with Gasteiger partial charge in [0.1, 0.15) is 0 Å². The summed E-state index contributed by atoms with van der Waals surface area (Å²) in [6.45, 7) is 3.08. The first-order chi connectivity index (χ1) is 12.2. The molecule has 3 heterocycles. The highest BCUT2D eigenvalue weighted by Crippen LogP contribution is 2.29. The number of carbonyl (C=O) groups is 1. The summed E-state index contributed by atoms with van der Waals surface area (Å²) in [6.07, 6.45) is 4.66. The van der Waals surface area contributed by atoms with E-state index in [0.717, 1.165) is 50.1 Å². The zero-order chi connectivity index (χ0) is 17.2. The predicted molar refractivity (Wildman–Crippen MR) is 98.0 cm³/mol. The van der Waals surface area contributed by atoms with Gasteiger partial charge in [0.25, 0.3) is 0 Å². The van der Waals surface area contributed by atoms with Gasteiger partial charge < -0.3 is 9.88 Å². The lowest BCUT2D eigenvalue weighted by Crippen LogP contribution is -2.42. The fourth-order valence-electron chi connectivity index (χ4n) is 4.01. The molecular weight excluding hydrogens is 314 g/mol. The summed E-state index contributed by atoms with van der Waals surface area (Å²) >= 11 is 0. The largest absolute Gasteiger partial charge is 0.329 e. The van der Waals surface area contributed by atoms with E-state index in [1.165, 1.54) is 5.56 Å². The lowest BCUT2D eigenvalue weighted by molar-refractivity contribution is -0.119. The molecule has 2 aliphatic rings. The first kappa shape index (κ1) is 16.1. The molecule has 5 nitrogen and oxygen atoms in total. The number of H-pyrrole nitrogens is 1. The molecule has 0 spiro atoms. The molecule has 0 saturated carbocycles. The number of rotatable bonds is 3. The normalized spacial score (nSPS) is 18.3. The fraction of sp³-hybridized carbons (Fsp3) is 0.400. The van der Waals surface area contributed by atoms with Crippen LogP contribution in [0.4, 0.5) is 5.69 Å². The summed E-state index contributed by atoms with van der Waals surface area (Å²) in [5.74, 6) is 0.612. The molecule has 25 heavy (non-hydrogen) atoms. The van der Waals surface area contributed by atoms with Gasteiger partial charge in [-0.1, -0.05) is 18.2 Å². The molecule has 1 saturated heterocycles. The number of amides is 1. The van der Waals surface area contributed by atoms with E-state index in [2.05, 4.69) is 16.0 Å². The van der Waals surface area contributed by atoms with Gasteiger partial charge >= 0.3 is 0 Å². The highest BCUT2D eigenvalue weighted by Gasteiger charge is 2.27. The van der Waals surface area contributed by atoms with Crippen molar-refractivity contribution >= 4 is 11.6 Å². The number of carbonyl (C=O) groups excluding carboxylic acids is 1. The van der Waals surface area contributed by atoms with Crippen LogP contribution in [-0.4, -0.2) is 42.0 Å². The number of nitrogens with zero attached hydrogens (tertiary/aromatic N) is 2. The van der Waals surface area contributed by atoms with Crippen molar-refractivity contribution in [3.63, 3.8) is 0 Å². The second-order valence-electron chi connectivity index (χ2n) is 6.96. The third-order valence-electron chi connectivity index (χ3n) is 5.41. The van der Waals surface area contributed by atoms with Crippen molar-refractivity contribution in [3.8, 4) is 0 Å². The molecule has 4 rings (SSSR count). The molecule has 2 aromatic rings. The molecular formula is C20H23N3O2. The lowest BCUT2D eigenvalue weighted by atomic mass is 9.90. The number of likely N-dealkylation sites (tertiary alicyclic amines) is 1. The van der Waals surface area contributed by atoms with Crippen LogP contribution in [0.25, 0.3) is 0 Å². The molecule has 1 aromatic heterocycles. The first-order valence-corrected chi connectivity index (χ1v) is 9.00. The summed E-state index contributed by atoms with van der Waals surface area (Å²) in [4.78, 5) is 31.0. The Morgan fingerprint density at radius 3 is 2.72 bits per heavy atom. The van der Waals surface area contributed by atoms with Crippen LogP contribution < -0.4 is 10.5 Å². The topological polar surface area (TPSA) is 56.4 Å². The number of para-hydroxylation sites is 1. The maximum atomic E-state index is 12.7. The van der Waals surface area contributed by atoms with E-state index in [4.69, 9.17) is 0 Å². The molecule has 1 N–H and O–H groups in total. The molecule has 0 aliphatic carbocycles. The number of benzene rings is 1. The minimum Gasteiger partial charge on any atom is -0.329 e. The number of nitrogens with one attached hydrogen (secondary N) is 1. The van der Waals surface area contributed by atoms with Crippen LogP contribution in [0.5, 0.6) is 0 Å².